The van der Waals surface area contributed by atoms with Crippen LogP contribution in [0.4, 0.5) is 0 Å². The Bertz CT molecular complexity index is 225. The molecule has 0 radical (unpaired) electrons. The molecular weight excluding hydrogens is 114 g/mol. The number of hydrogen-bond donors (Lipinski definition) is 0. The average molecular weight is 123 g/mol. The quantitative estimate of drug-likeness (QED) is 0.570. The van der Waals surface area contributed by atoms with Crippen molar-refractivity contribution < 1.29 is 4.42 Å². The normalized spacial score (nSPS) is 9.56. The minimum Gasteiger partial charge on any atom is -0.441 e. The molecule has 0 atom stereocenters. The fourth-order valence-corrected chi connectivity index (χ4v) is 0.736. The Labute approximate surface area is 54.2 Å². The van der Waals surface area contributed by atoms with Crippen LogP contribution < -0.4 is 0 Å². The Balaban J connectivity index is 3.15. The van der Waals surface area contributed by atoms with Crippen molar-refractivity contribution in [1.29, 1.82) is 0 Å². The van der Waals surface area contributed by atoms with Gasteiger partial charge in [0.05, 0.1) is 5.69 Å². The van der Waals surface area contributed by atoms with Gasteiger partial charge in [0.15, 0.2) is 5.89 Å². The summed E-state index contributed by atoms with van der Waals surface area (Å²) >= 11 is 0. The number of hydrogen-bond acceptors (Lipinski definition) is 2. The predicted octanol–water partition coefficient (Wildman–Crippen LogP) is 1.93. The molecule has 2 heteroatoms. The Kier molecular flexibility index (Phi) is 1.39. The summed E-state index contributed by atoms with van der Waals surface area (Å²) in [6.07, 6.45) is 1.66. The maximum Gasteiger partial charge on any atom is 0.191 e. The Morgan fingerprint density at radius 3 is 2.44 bits per heavy atom. The zero-order chi connectivity index (χ0) is 6.85. The van der Waals surface area contributed by atoms with E-state index in [1.807, 2.05) is 13.8 Å². The molecule has 0 unspecified atom stereocenters. The van der Waals surface area contributed by atoms with Gasteiger partial charge in [-0.1, -0.05) is 6.58 Å². The molecule has 1 heterocycles. The van der Waals surface area contributed by atoms with Gasteiger partial charge in [0.1, 0.15) is 5.76 Å². The topological polar surface area (TPSA) is 26.0 Å². The second-order valence-corrected chi connectivity index (χ2v) is 1.89. The molecule has 0 saturated carbocycles. The van der Waals surface area contributed by atoms with Crippen molar-refractivity contribution in [3.63, 3.8) is 0 Å². The first kappa shape index (κ1) is 6.08. The number of oxazole rings is 1. The van der Waals surface area contributed by atoms with Crippen molar-refractivity contribution in [1.82, 2.24) is 4.98 Å². The maximum atomic E-state index is 5.13. The molecule has 1 aromatic rings. The lowest BCUT2D eigenvalue weighted by atomic mass is 10.4. The Morgan fingerprint density at radius 1 is 1.56 bits per heavy atom. The summed E-state index contributed by atoms with van der Waals surface area (Å²) in [5.41, 5.74) is 0.905. The molecule has 0 amide bonds. The van der Waals surface area contributed by atoms with Crippen LogP contribution >= 0.6 is 0 Å². The first-order chi connectivity index (χ1) is 4.24. The third kappa shape index (κ3) is 1.02. The van der Waals surface area contributed by atoms with E-state index in [4.69, 9.17) is 4.42 Å². The molecule has 0 saturated heterocycles. The summed E-state index contributed by atoms with van der Waals surface area (Å²) < 4.78 is 5.13. The first-order valence-electron chi connectivity index (χ1n) is 2.80. The second kappa shape index (κ2) is 2.05. The van der Waals surface area contributed by atoms with E-state index in [0.29, 0.717) is 5.89 Å². The first-order valence-corrected chi connectivity index (χ1v) is 2.80. The molecular formula is C7H9NO. The van der Waals surface area contributed by atoms with E-state index >= 15 is 0 Å². The molecule has 0 bridgehead atoms. The van der Waals surface area contributed by atoms with Gasteiger partial charge in [-0.2, -0.15) is 0 Å². The highest BCUT2D eigenvalue weighted by Crippen LogP contribution is 2.09. The molecule has 0 aliphatic rings. The summed E-state index contributed by atoms with van der Waals surface area (Å²) in [7, 11) is 0. The number of aryl methyl sites for hydroxylation is 2. The van der Waals surface area contributed by atoms with Gasteiger partial charge in [0.25, 0.3) is 0 Å². The van der Waals surface area contributed by atoms with Crippen LogP contribution in [0.15, 0.2) is 11.0 Å². The van der Waals surface area contributed by atoms with Crippen LogP contribution in [0.1, 0.15) is 17.3 Å². The lowest BCUT2D eigenvalue weighted by molar-refractivity contribution is 0.512. The van der Waals surface area contributed by atoms with Crippen molar-refractivity contribution in [2.75, 3.05) is 0 Å². The lowest BCUT2D eigenvalue weighted by Gasteiger charge is -1.80. The van der Waals surface area contributed by atoms with Gasteiger partial charge in [-0.05, 0) is 13.0 Å². The highest BCUT2D eigenvalue weighted by atomic mass is 16.4. The maximum absolute atomic E-state index is 5.13. The van der Waals surface area contributed by atoms with Crippen LogP contribution in [0.25, 0.3) is 6.08 Å². The largest absolute Gasteiger partial charge is 0.441 e. The van der Waals surface area contributed by atoms with Gasteiger partial charge in [0, 0.05) is 6.92 Å². The third-order valence-corrected chi connectivity index (χ3v) is 1.12. The molecule has 0 fully saturated rings. The van der Waals surface area contributed by atoms with Gasteiger partial charge >= 0.3 is 0 Å². The van der Waals surface area contributed by atoms with Crippen molar-refractivity contribution >= 4 is 6.08 Å². The number of aromatic nitrogens is 1. The van der Waals surface area contributed by atoms with Crippen LogP contribution in [0.2, 0.25) is 0 Å². The fourth-order valence-electron chi connectivity index (χ4n) is 0.736. The molecule has 0 spiro atoms. The Hall–Kier alpha value is -1.05. The summed E-state index contributed by atoms with van der Waals surface area (Å²) in [4.78, 5) is 4.04. The summed E-state index contributed by atoms with van der Waals surface area (Å²) in [5.74, 6) is 1.47. The highest BCUT2D eigenvalue weighted by Gasteiger charge is 1.99. The fraction of sp³-hybridized carbons (Fsp3) is 0.286. The van der Waals surface area contributed by atoms with Crippen LogP contribution in [0, 0.1) is 13.8 Å². The third-order valence-electron chi connectivity index (χ3n) is 1.12. The predicted molar refractivity (Wildman–Crippen MR) is 36.1 cm³/mol. The van der Waals surface area contributed by atoms with E-state index in [-0.39, 0.29) is 0 Å². The van der Waals surface area contributed by atoms with Crippen molar-refractivity contribution in [2.24, 2.45) is 0 Å². The van der Waals surface area contributed by atoms with Crippen LogP contribution in [0.3, 0.4) is 0 Å². The minimum absolute atomic E-state index is 0.697. The average Bonchev–Trinajstić information content (AvgIpc) is 2.10. The SMILES string of the molecule is C=Cc1oc(C)nc1C. The molecule has 2 nitrogen and oxygen atoms in total. The monoisotopic (exact) mass is 123 g/mol. The van der Waals surface area contributed by atoms with E-state index in [2.05, 4.69) is 11.6 Å². The number of rotatable bonds is 1. The van der Waals surface area contributed by atoms with Crippen molar-refractivity contribution in [3.8, 4) is 0 Å². The van der Waals surface area contributed by atoms with E-state index in [1.54, 1.807) is 6.08 Å². The van der Waals surface area contributed by atoms with E-state index in [1.165, 1.54) is 0 Å². The smallest absolute Gasteiger partial charge is 0.191 e. The van der Waals surface area contributed by atoms with Gasteiger partial charge in [-0.25, -0.2) is 4.98 Å². The van der Waals surface area contributed by atoms with Gasteiger partial charge in [-0.15, -0.1) is 0 Å². The second-order valence-electron chi connectivity index (χ2n) is 1.89. The molecule has 9 heavy (non-hydrogen) atoms. The zero-order valence-electron chi connectivity index (χ0n) is 5.64. The standard InChI is InChI=1S/C7H9NO/c1-4-7-5(2)8-6(3)9-7/h4H,1H2,2-3H3. The Morgan fingerprint density at radius 2 is 2.22 bits per heavy atom. The van der Waals surface area contributed by atoms with E-state index in [0.717, 1.165) is 11.5 Å². The molecule has 0 aliphatic heterocycles. The highest BCUT2D eigenvalue weighted by molar-refractivity contribution is 5.41. The van der Waals surface area contributed by atoms with Gasteiger partial charge in [-0.3, -0.25) is 0 Å². The lowest BCUT2D eigenvalue weighted by Crippen LogP contribution is -1.71. The van der Waals surface area contributed by atoms with Crippen molar-refractivity contribution in [2.45, 2.75) is 13.8 Å². The van der Waals surface area contributed by atoms with Crippen LogP contribution in [-0.4, -0.2) is 4.98 Å². The van der Waals surface area contributed by atoms with E-state index < -0.39 is 0 Å². The molecule has 0 aliphatic carbocycles. The molecule has 1 rings (SSSR count). The van der Waals surface area contributed by atoms with E-state index in [9.17, 15) is 0 Å². The summed E-state index contributed by atoms with van der Waals surface area (Å²) in [6, 6.07) is 0. The van der Waals surface area contributed by atoms with Gasteiger partial charge in [0.2, 0.25) is 0 Å². The zero-order valence-corrected chi connectivity index (χ0v) is 5.64. The van der Waals surface area contributed by atoms with Crippen LogP contribution in [0.5, 0.6) is 0 Å². The molecule has 0 aromatic carbocycles. The summed E-state index contributed by atoms with van der Waals surface area (Å²) in [5, 5.41) is 0. The van der Waals surface area contributed by atoms with Gasteiger partial charge < -0.3 is 4.42 Å². The molecule has 1 aromatic heterocycles. The van der Waals surface area contributed by atoms with Crippen molar-refractivity contribution in [3.05, 3.63) is 23.9 Å². The minimum atomic E-state index is 0.697. The number of nitrogens with zero attached hydrogens (tertiary/aromatic N) is 1. The van der Waals surface area contributed by atoms with Crippen LogP contribution in [-0.2, 0) is 0 Å². The summed E-state index contributed by atoms with van der Waals surface area (Å²) in [6.45, 7) is 7.29. The molecule has 0 N–H and O–H groups in total. The molecule has 48 valence electrons.